The van der Waals surface area contributed by atoms with Crippen LogP contribution in [0.5, 0.6) is 5.75 Å². The van der Waals surface area contributed by atoms with E-state index >= 15 is 0 Å². The molecule has 0 spiro atoms. The smallest absolute Gasteiger partial charge is 0.406 e. The van der Waals surface area contributed by atoms with E-state index in [9.17, 15) is 18.0 Å². The summed E-state index contributed by atoms with van der Waals surface area (Å²) in [4.78, 5) is 12.4. The highest BCUT2D eigenvalue weighted by molar-refractivity contribution is 7.98. The average Bonchev–Trinajstić information content (AvgIpc) is 3.09. The van der Waals surface area contributed by atoms with E-state index in [1.165, 1.54) is 17.8 Å². The first-order valence-electron chi connectivity index (χ1n) is 5.38. The summed E-state index contributed by atoms with van der Waals surface area (Å²) in [6, 6.07) is 4.05. The Morgan fingerprint density at radius 1 is 1.33 bits per heavy atom. The lowest BCUT2D eigenvalue weighted by atomic mass is 10.1. The number of ketones is 1. The van der Waals surface area contributed by atoms with Gasteiger partial charge < -0.3 is 4.74 Å². The zero-order valence-electron chi connectivity index (χ0n) is 9.58. The summed E-state index contributed by atoms with van der Waals surface area (Å²) in [5.74, 6) is -0.461. The normalized spacial score (nSPS) is 15.6. The maximum absolute atomic E-state index is 12.2. The molecule has 2 nitrogen and oxygen atoms in total. The first-order valence-corrected chi connectivity index (χ1v) is 6.60. The SMILES string of the molecule is CSc1cc(OC(F)(F)F)cc(C(=O)C2CC2)c1. The van der Waals surface area contributed by atoms with Gasteiger partial charge in [0, 0.05) is 16.4 Å². The predicted molar refractivity (Wildman–Crippen MR) is 62.0 cm³/mol. The molecule has 1 fully saturated rings. The van der Waals surface area contributed by atoms with E-state index in [4.69, 9.17) is 0 Å². The van der Waals surface area contributed by atoms with Gasteiger partial charge in [0.25, 0.3) is 0 Å². The van der Waals surface area contributed by atoms with Gasteiger partial charge in [-0.25, -0.2) is 0 Å². The van der Waals surface area contributed by atoms with Crippen molar-refractivity contribution in [2.75, 3.05) is 6.26 Å². The van der Waals surface area contributed by atoms with Crippen LogP contribution in [0, 0.1) is 5.92 Å². The van der Waals surface area contributed by atoms with Gasteiger partial charge in [0.2, 0.25) is 0 Å². The largest absolute Gasteiger partial charge is 0.573 e. The van der Waals surface area contributed by atoms with Crippen molar-refractivity contribution >= 4 is 17.5 Å². The van der Waals surface area contributed by atoms with Crippen LogP contribution in [0.3, 0.4) is 0 Å². The molecule has 0 N–H and O–H groups in total. The first kappa shape index (κ1) is 13.3. The van der Waals surface area contributed by atoms with Crippen LogP contribution in [0.4, 0.5) is 13.2 Å². The molecule has 0 aliphatic heterocycles. The van der Waals surface area contributed by atoms with E-state index in [-0.39, 0.29) is 17.5 Å². The van der Waals surface area contributed by atoms with Crippen LogP contribution in [-0.2, 0) is 0 Å². The van der Waals surface area contributed by atoms with E-state index in [0.29, 0.717) is 10.5 Å². The zero-order chi connectivity index (χ0) is 13.3. The van der Waals surface area contributed by atoms with Crippen LogP contribution in [-0.4, -0.2) is 18.4 Å². The number of ether oxygens (including phenoxy) is 1. The van der Waals surface area contributed by atoms with Crippen molar-refractivity contribution in [3.05, 3.63) is 23.8 Å². The number of thioether (sulfide) groups is 1. The number of carbonyl (C=O) groups excluding carboxylic acids is 1. The molecule has 1 aliphatic rings. The van der Waals surface area contributed by atoms with E-state index in [0.717, 1.165) is 18.9 Å². The molecule has 2 rings (SSSR count). The van der Waals surface area contributed by atoms with Crippen molar-refractivity contribution in [2.45, 2.75) is 24.1 Å². The third kappa shape index (κ3) is 3.41. The van der Waals surface area contributed by atoms with Crippen LogP contribution in [0.1, 0.15) is 23.2 Å². The van der Waals surface area contributed by atoms with Crippen LogP contribution >= 0.6 is 11.8 Å². The Morgan fingerprint density at radius 2 is 2.00 bits per heavy atom. The Kier molecular flexibility index (Phi) is 3.56. The van der Waals surface area contributed by atoms with Gasteiger partial charge in [-0.2, -0.15) is 0 Å². The second-order valence-electron chi connectivity index (χ2n) is 4.08. The fourth-order valence-corrected chi connectivity index (χ4v) is 2.08. The number of carbonyl (C=O) groups is 1. The highest BCUT2D eigenvalue weighted by Gasteiger charge is 2.33. The van der Waals surface area contributed by atoms with Gasteiger partial charge in [0.05, 0.1) is 0 Å². The third-order valence-electron chi connectivity index (χ3n) is 2.58. The van der Waals surface area contributed by atoms with Crippen molar-refractivity contribution in [1.82, 2.24) is 0 Å². The fraction of sp³-hybridized carbons (Fsp3) is 0.417. The number of alkyl halides is 3. The second-order valence-corrected chi connectivity index (χ2v) is 4.96. The minimum atomic E-state index is -4.74. The molecule has 1 aliphatic carbocycles. The molecular weight excluding hydrogens is 265 g/mol. The molecule has 1 aromatic rings. The summed E-state index contributed by atoms with van der Waals surface area (Å²) < 4.78 is 40.4. The minimum Gasteiger partial charge on any atom is -0.406 e. The summed E-state index contributed by atoms with van der Waals surface area (Å²) >= 11 is 1.27. The summed E-state index contributed by atoms with van der Waals surface area (Å²) in [5.41, 5.74) is 0.295. The maximum atomic E-state index is 12.2. The van der Waals surface area contributed by atoms with Crippen LogP contribution in [0.15, 0.2) is 23.1 Å². The van der Waals surface area contributed by atoms with Crippen molar-refractivity contribution in [1.29, 1.82) is 0 Å². The molecular formula is C12H11F3O2S. The van der Waals surface area contributed by atoms with Gasteiger partial charge in [-0.05, 0) is 37.3 Å². The van der Waals surface area contributed by atoms with Gasteiger partial charge in [-0.3, -0.25) is 4.79 Å². The van der Waals surface area contributed by atoms with Gasteiger partial charge in [-0.15, -0.1) is 24.9 Å². The lowest BCUT2D eigenvalue weighted by Crippen LogP contribution is -2.17. The van der Waals surface area contributed by atoms with E-state index < -0.39 is 6.36 Å². The Hall–Kier alpha value is -1.17. The molecule has 6 heteroatoms. The van der Waals surface area contributed by atoms with Crippen LogP contribution in [0.25, 0.3) is 0 Å². The number of halogens is 3. The Bertz CT molecular complexity index is 467. The molecule has 0 heterocycles. The molecule has 0 unspecified atom stereocenters. The zero-order valence-corrected chi connectivity index (χ0v) is 10.4. The fourth-order valence-electron chi connectivity index (χ4n) is 1.61. The van der Waals surface area contributed by atoms with Gasteiger partial charge in [0.15, 0.2) is 5.78 Å². The lowest BCUT2D eigenvalue weighted by Gasteiger charge is -2.11. The molecule has 98 valence electrons. The summed E-state index contributed by atoms with van der Waals surface area (Å²) in [6.07, 6.45) is -1.37. The van der Waals surface area contributed by atoms with Crippen molar-refractivity contribution in [3.8, 4) is 5.75 Å². The van der Waals surface area contributed by atoms with Crippen molar-refractivity contribution in [2.24, 2.45) is 5.92 Å². The minimum absolute atomic E-state index is 0.0270. The number of hydrogen-bond donors (Lipinski definition) is 0. The summed E-state index contributed by atoms with van der Waals surface area (Å²) in [5, 5.41) is 0. The lowest BCUT2D eigenvalue weighted by molar-refractivity contribution is -0.274. The molecule has 0 amide bonds. The highest BCUT2D eigenvalue weighted by atomic mass is 32.2. The number of benzene rings is 1. The summed E-state index contributed by atoms with van der Waals surface area (Å²) in [7, 11) is 0. The molecule has 18 heavy (non-hydrogen) atoms. The van der Waals surface area contributed by atoms with Crippen molar-refractivity contribution in [3.63, 3.8) is 0 Å². The van der Waals surface area contributed by atoms with Gasteiger partial charge in [-0.1, -0.05) is 0 Å². The van der Waals surface area contributed by atoms with E-state index in [1.807, 2.05) is 0 Å². The van der Waals surface area contributed by atoms with Gasteiger partial charge >= 0.3 is 6.36 Å². The van der Waals surface area contributed by atoms with E-state index in [2.05, 4.69) is 4.74 Å². The number of rotatable bonds is 4. The van der Waals surface area contributed by atoms with Crippen molar-refractivity contribution < 1.29 is 22.7 Å². The molecule has 0 aromatic heterocycles. The molecule has 0 saturated heterocycles. The highest BCUT2D eigenvalue weighted by Crippen LogP contribution is 2.35. The molecule has 1 saturated carbocycles. The topological polar surface area (TPSA) is 26.3 Å². The maximum Gasteiger partial charge on any atom is 0.573 e. The predicted octanol–water partition coefficient (Wildman–Crippen LogP) is 3.90. The molecule has 0 radical (unpaired) electrons. The number of Topliss-reactive ketones (excluding diaryl/α,β-unsaturated/α-hetero) is 1. The standard InChI is InChI=1S/C12H11F3O2S/c1-18-10-5-8(11(16)7-2-3-7)4-9(6-10)17-12(13,14)15/h4-7H,2-3H2,1H3. The second kappa shape index (κ2) is 4.84. The summed E-state index contributed by atoms with van der Waals surface area (Å²) in [6.45, 7) is 0. The van der Waals surface area contributed by atoms with Crippen LogP contribution < -0.4 is 4.74 Å². The first-order chi connectivity index (χ1) is 8.39. The number of hydrogen-bond acceptors (Lipinski definition) is 3. The molecule has 0 atom stereocenters. The Balaban J connectivity index is 2.29. The Morgan fingerprint density at radius 3 is 2.50 bits per heavy atom. The quantitative estimate of drug-likeness (QED) is 0.616. The average molecular weight is 276 g/mol. The monoisotopic (exact) mass is 276 g/mol. The Labute approximate surface area is 107 Å². The molecule has 0 bridgehead atoms. The molecule has 1 aromatic carbocycles. The van der Waals surface area contributed by atoms with E-state index in [1.54, 1.807) is 12.3 Å². The third-order valence-corrected chi connectivity index (χ3v) is 3.29. The van der Waals surface area contributed by atoms with Crippen LogP contribution in [0.2, 0.25) is 0 Å². The van der Waals surface area contributed by atoms with Gasteiger partial charge in [0.1, 0.15) is 5.75 Å².